The van der Waals surface area contributed by atoms with Gasteiger partial charge in [-0.1, -0.05) is 0 Å². The summed E-state index contributed by atoms with van der Waals surface area (Å²) in [6.45, 7) is 2.98. The number of amides is 1. The third kappa shape index (κ3) is 2.22. The van der Waals surface area contributed by atoms with Crippen LogP contribution in [0.2, 0.25) is 0 Å². The predicted octanol–water partition coefficient (Wildman–Crippen LogP) is 0.475. The van der Waals surface area contributed by atoms with Crippen LogP contribution in [0.3, 0.4) is 0 Å². The number of carbonyl (C=O) groups excluding carboxylic acids is 2. The Morgan fingerprint density at radius 1 is 1.60 bits per heavy atom. The van der Waals surface area contributed by atoms with Gasteiger partial charge in [0.1, 0.15) is 6.23 Å². The maximum absolute atomic E-state index is 11.6. The minimum atomic E-state index is -2.00. The monoisotopic (exact) mass is 285 g/mol. The molecule has 0 radical (unpaired) electrons. The van der Waals surface area contributed by atoms with E-state index in [0.717, 1.165) is 0 Å². The minimum Gasteiger partial charge on any atom is -0.478 e. The number of nitrogens with zero attached hydrogens (tertiary/aromatic N) is 1. The van der Waals surface area contributed by atoms with Crippen LogP contribution in [0, 0.1) is 0 Å². The highest BCUT2D eigenvalue weighted by Crippen LogP contribution is 2.36. The topological polar surface area (TPSA) is 102 Å². The first-order valence-corrected chi connectivity index (χ1v) is 6.13. The number of hydrogen-bond donors (Lipinski definition) is 1. The number of carboxylic acids is 1. The fourth-order valence-electron chi connectivity index (χ4n) is 2.09. The summed E-state index contributed by atoms with van der Waals surface area (Å²) in [5, 5.41) is 9.36. The van der Waals surface area contributed by atoms with E-state index in [1.165, 1.54) is 17.9 Å². The molecule has 0 bridgehead atoms. The number of ether oxygens (including phenoxy) is 3. The Morgan fingerprint density at radius 3 is 2.85 bits per heavy atom. The molecule has 2 aliphatic rings. The second-order valence-corrected chi connectivity index (χ2v) is 4.47. The minimum absolute atomic E-state index is 0.0575. The number of fused-ring (bicyclic) bond motifs is 1. The van der Waals surface area contributed by atoms with Gasteiger partial charge in [0, 0.05) is 0 Å². The Hall–Kier alpha value is -2.09. The average molecular weight is 285 g/mol. The summed E-state index contributed by atoms with van der Waals surface area (Å²) in [6, 6.07) is 0. The molecular weight excluding hydrogens is 270 g/mol. The predicted molar refractivity (Wildman–Crippen MR) is 63.4 cm³/mol. The highest BCUT2D eigenvalue weighted by molar-refractivity contribution is 5.90. The van der Waals surface area contributed by atoms with Gasteiger partial charge in [0.25, 0.3) is 0 Å². The molecule has 20 heavy (non-hydrogen) atoms. The van der Waals surface area contributed by atoms with Crippen LogP contribution in [0.4, 0.5) is 4.79 Å². The molecule has 0 aliphatic carbocycles. The van der Waals surface area contributed by atoms with Crippen molar-refractivity contribution in [2.24, 2.45) is 0 Å². The summed E-state index contributed by atoms with van der Waals surface area (Å²) in [5.41, 5.74) is -1.91. The van der Waals surface area contributed by atoms with Crippen molar-refractivity contribution in [2.75, 3.05) is 13.2 Å². The van der Waals surface area contributed by atoms with Gasteiger partial charge in [0.05, 0.1) is 25.3 Å². The second kappa shape index (κ2) is 5.12. The second-order valence-electron chi connectivity index (χ2n) is 4.47. The first kappa shape index (κ1) is 14.3. The van der Waals surface area contributed by atoms with Gasteiger partial charge in [0.2, 0.25) is 11.5 Å². The number of rotatable bonds is 4. The fourth-order valence-corrected chi connectivity index (χ4v) is 2.09. The summed E-state index contributed by atoms with van der Waals surface area (Å²) in [4.78, 5) is 35.7. The van der Waals surface area contributed by atoms with E-state index in [9.17, 15) is 19.5 Å². The van der Waals surface area contributed by atoms with Crippen LogP contribution in [-0.2, 0) is 23.8 Å². The Labute approximate surface area is 114 Å². The molecular formula is C12H15NO7. The molecule has 0 aromatic heterocycles. The van der Waals surface area contributed by atoms with Crippen LogP contribution >= 0.6 is 0 Å². The van der Waals surface area contributed by atoms with Crippen LogP contribution in [0.1, 0.15) is 20.3 Å². The lowest BCUT2D eigenvalue weighted by molar-refractivity contribution is -0.180. The molecule has 0 saturated carbocycles. The van der Waals surface area contributed by atoms with E-state index in [-0.39, 0.29) is 31.2 Å². The quantitative estimate of drug-likeness (QED) is 0.591. The summed E-state index contributed by atoms with van der Waals surface area (Å²) >= 11 is 0. The molecule has 110 valence electrons. The molecule has 0 spiro atoms. The SMILES string of the molecule is CCOC(=O)OC(C)(C(=O)O)C1=CCOC2CC(=O)N12. The van der Waals surface area contributed by atoms with E-state index in [0.29, 0.717) is 0 Å². The van der Waals surface area contributed by atoms with Gasteiger partial charge in [-0.3, -0.25) is 9.69 Å². The molecule has 0 aromatic carbocycles. The zero-order valence-electron chi connectivity index (χ0n) is 11.1. The first-order valence-electron chi connectivity index (χ1n) is 6.13. The first-order chi connectivity index (χ1) is 9.40. The summed E-state index contributed by atoms with van der Waals surface area (Å²) in [7, 11) is 0. The molecule has 2 heterocycles. The molecule has 2 aliphatic heterocycles. The van der Waals surface area contributed by atoms with Crippen LogP contribution in [-0.4, -0.2) is 53.1 Å². The third-order valence-corrected chi connectivity index (χ3v) is 3.18. The van der Waals surface area contributed by atoms with Crippen molar-refractivity contribution in [2.45, 2.75) is 32.1 Å². The highest BCUT2D eigenvalue weighted by atomic mass is 16.7. The van der Waals surface area contributed by atoms with E-state index >= 15 is 0 Å². The highest BCUT2D eigenvalue weighted by Gasteiger charge is 2.53. The van der Waals surface area contributed by atoms with Crippen molar-refractivity contribution < 1.29 is 33.7 Å². The average Bonchev–Trinajstić information content (AvgIpc) is 2.36. The van der Waals surface area contributed by atoms with Gasteiger partial charge in [-0.25, -0.2) is 9.59 Å². The van der Waals surface area contributed by atoms with E-state index in [4.69, 9.17) is 9.47 Å². The van der Waals surface area contributed by atoms with Gasteiger partial charge in [0.15, 0.2) is 0 Å². The van der Waals surface area contributed by atoms with E-state index in [1.54, 1.807) is 6.92 Å². The van der Waals surface area contributed by atoms with E-state index in [2.05, 4.69) is 4.74 Å². The molecule has 1 saturated heterocycles. The third-order valence-electron chi connectivity index (χ3n) is 3.18. The zero-order chi connectivity index (χ0) is 14.9. The Kier molecular flexibility index (Phi) is 3.67. The lowest BCUT2D eigenvalue weighted by Crippen LogP contribution is -2.61. The normalized spacial score (nSPS) is 23.9. The Balaban J connectivity index is 2.27. The molecule has 2 atom stereocenters. The number of β-lactam (4-membered cyclic amide) rings is 1. The lowest BCUT2D eigenvalue weighted by atomic mass is 9.95. The lowest BCUT2D eigenvalue weighted by Gasteiger charge is -2.47. The molecule has 2 rings (SSSR count). The number of aliphatic carboxylic acids is 1. The Morgan fingerprint density at radius 2 is 2.30 bits per heavy atom. The van der Waals surface area contributed by atoms with Gasteiger partial charge in [-0.05, 0) is 19.9 Å². The van der Waals surface area contributed by atoms with Gasteiger partial charge in [-0.15, -0.1) is 0 Å². The van der Waals surface area contributed by atoms with Crippen molar-refractivity contribution in [3.05, 3.63) is 11.8 Å². The molecule has 1 amide bonds. The summed E-state index contributed by atoms with van der Waals surface area (Å²) in [5.74, 6) is -1.67. The number of carbonyl (C=O) groups is 3. The van der Waals surface area contributed by atoms with Crippen LogP contribution < -0.4 is 0 Å². The molecule has 2 unspecified atom stereocenters. The molecule has 8 nitrogen and oxygen atoms in total. The maximum atomic E-state index is 11.6. The van der Waals surface area contributed by atoms with E-state index < -0.39 is 24.0 Å². The Bertz CT molecular complexity index is 486. The largest absolute Gasteiger partial charge is 0.509 e. The molecule has 1 N–H and O–H groups in total. The number of hydrogen-bond acceptors (Lipinski definition) is 6. The molecule has 0 aromatic rings. The van der Waals surface area contributed by atoms with Gasteiger partial charge < -0.3 is 19.3 Å². The van der Waals surface area contributed by atoms with Gasteiger partial charge >= 0.3 is 12.1 Å². The summed E-state index contributed by atoms with van der Waals surface area (Å²) in [6.07, 6.45) is 0.00848. The van der Waals surface area contributed by atoms with Gasteiger partial charge in [-0.2, -0.15) is 0 Å². The van der Waals surface area contributed by atoms with Crippen LogP contribution in [0.25, 0.3) is 0 Å². The molecule has 1 fully saturated rings. The zero-order valence-corrected chi connectivity index (χ0v) is 11.1. The smallest absolute Gasteiger partial charge is 0.478 e. The van der Waals surface area contributed by atoms with Crippen molar-refractivity contribution >= 4 is 18.0 Å². The molecule has 8 heteroatoms. The standard InChI is InChI=1S/C12H15NO7/c1-3-18-11(17)20-12(2,10(15)16)7-4-5-19-9-6-8(14)13(7)9/h4,9H,3,5-6H2,1-2H3,(H,15,16). The fraction of sp³-hybridized carbons (Fsp3) is 0.583. The van der Waals surface area contributed by atoms with E-state index in [1.807, 2.05) is 0 Å². The van der Waals surface area contributed by atoms with Crippen molar-refractivity contribution in [1.82, 2.24) is 4.90 Å². The van der Waals surface area contributed by atoms with Crippen molar-refractivity contribution in [1.29, 1.82) is 0 Å². The maximum Gasteiger partial charge on any atom is 0.509 e. The van der Waals surface area contributed by atoms with Crippen molar-refractivity contribution in [3.8, 4) is 0 Å². The number of carboxylic acid groups (broad SMARTS) is 1. The summed E-state index contributed by atoms with van der Waals surface area (Å²) < 4.78 is 14.8. The van der Waals surface area contributed by atoms with Crippen LogP contribution in [0.15, 0.2) is 11.8 Å². The van der Waals surface area contributed by atoms with Crippen molar-refractivity contribution in [3.63, 3.8) is 0 Å². The van der Waals surface area contributed by atoms with Crippen LogP contribution in [0.5, 0.6) is 0 Å².